The Kier molecular flexibility index (Phi) is 8.44. The van der Waals surface area contributed by atoms with Gasteiger partial charge in [-0.05, 0) is 95.2 Å². The Morgan fingerprint density at radius 2 is 1.91 bits per heavy atom. The number of amides is 2. The van der Waals surface area contributed by atoms with Crippen molar-refractivity contribution >= 4 is 29.0 Å². The van der Waals surface area contributed by atoms with Crippen LogP contribution in [0.2, 0.25) is 0 Å². The first-order chi connectivity index (χ1) is 21.8. The standard InChI is InChI=1S/C35H48FN7O2/c1-4-41(22(2)3)34(44)28-19-26(36)9-10-30(28)43-15-14-42(33-31(43)20-37-21-38-33)27-6-5-12-40(13-11-27)35(45)32-25-17-24(16-23-7-8-23)29(18-25)39-32/h9-10,19-25,27,29,32,39H,4-8,11-18H2,1-3H3/t24-,25?,27-,29?,32+/m1/s1. The van der Waals surface area contributed by atoms with Crippen molar-refractivity contribution in [2.45, 2.75) is 96.3 Å². The third-order valence-corrected chi connectivity index (χ3v) is 11.2. The van der Waals surface area contributed by atoms with Crippen molar-refractivity contribution in [2.24, 2.45) is 17.8 Å². The first-order valence-corrected chi connectivity index (χ1v) is 17.3. The number of hydrogen-bond acceptors (Lipinski definition) is 7. The highest BCUT2D eigenvalue weighted by Gasteiger charge is 2.50. The first kappa shape index (κ1) is 30.4. The van der Waals surface area contributed by atoms with Crippen LogP contribution in [0.1, 0.15) is 82.5 Å². The molecule has 45 heavy (non-hydrogen) atoms. The van der Waals surface area contributed by atoms with Crippen LogP contribution in [0.4, 0.5) is 21.6 Å². The molecule has 1 aromatic heterocycles. The summed E-state index contributed by atoms with van der Waals surface area (Å²) in [5, 5.41) is 3.76. The average Bonchev–Trinajstić information content (AvgIpc) is 3.72. The van der Waals surface area contributed by atoms with Gasteiger partial charge in [0.1, 0.15) is 17.8 Å². The van der Waals surface area contributed by atoms with Crippen LogP contribution in [0, 0.1) is 23.6 Å². The zero-order valence-electron chi connectivity index (χ0n) is 27.0. The zero-order valence-corrected chi connectivity index (χ0v) is 27.0. The fraction of sp³-hybridized carbons (Fsp3) is 0.657. The molecule has 4 fully saturated rings. The molecule has 2 unspecified atom stereocenters. The summed E-state index contributed by atoms with van der Waals surface area (Å²) < 4.78 is 14.5. The molecule has 7 rings (SSSR count). The lowest BCUT2D eigenvalue weighted by Crippen LogP contribution is -2.52. The summed E-state index contributed by atoms with van der Waals surface area (Å²) in [5.74, 6) is 2.73. The Hall–Kier alpha value is -3.27. The monoisotopic (exact) mass is 617 g/mol. The maximum Gasteiger partial charge on any atom is 0.256 e. The van der Waals surface area contributed by atoms with Gasteiger partial charge < -0.3 is 24.9 Å². The highest BCUT2D eigenvalue weighted by Crippen LogP contribution is 2.47. The lowest BCUT2D eigenvalue weighted by Gasteiger charge is -2.42. The summed E-state index contributed by atoms with van der Waals surface area (Å²) in [5.41, 5.74) is 1.85. The Morgan fingerprint density at radius 3 is 2.64 bits per heavy atom. The molecule has 5 aliphatic rings. The number of aromatic nitrogens is 2. The van der Waals surface area contributed by atoms with Gasteiger partial charge >= 0.3 is 0 Å². The number of fused-ring (bicyclic) bond motifs is 3. The molecule has 1 aromatic carbocycles. The van der Waals surface area contributed by atoms with Gasteiger partial charge in [0.2, 0.25) is 5.91 Å². The zero-order chi connectivity index (χ0) is 31.2. The molecule has 2 aromatic rings. The molecule has 3 aliphatic heterocycles. The molecule has 5 atom stereocenters. The minimum Gasteiger partial charge on any atom is -0.350 e. The molecule has 2 bridgehead atoms. The summed E-state index contributed by atoms with van der Waals surface area (Å²) >= 11 is 0. The van der Waals surface area contributed by atoms with Gasteiger partial charge in [0.05, 0.1) is 23.5 Å². The van der Waals surface area contributed by atoms with Crippen molar-refractivity contribution in [1.29, 1.82) is 0 Å². The molecule has 2 aliphatic carbocycles. The normalized spacial score (nSPS) is 27.9. The number of rotatable bonds is 8. The van der Waals surface area contributed by atoms with Gasteiger partial charge in [-0.15, -0.1) is 0 Å². The number of carbonyl (C=O) groups excluding carboxylic acids is 2. The molecule has 2 saturated heterocycles. The van der Waals surface area contributed by atoms with Crippen LogP contribution in [-0.4, -0.2) is 88.5 Å². The number of piperidine rings is 1. The van der Waals surface area contributed by atoms with E-state index in [1.807, 2.05) is 20.8 Å². The van der Waals surface area contributed by atoms with E-state index in [0.29, 0.717) is 48.8 Å². The topological polar surface area (TPSA) is 84.9 Å². The van der Waals surface area contributed by atoms with Crippen molar-refractivity contribution in [3.05, 3.63) is 42.1 Å². The molecule has 9 nitrogen and oxygen atoms in total. The van der Waals surface area contributed by atoms with Crippen molar-refractivity contribution in [3.63, 3.8) is 0 Å². The van der Waals surface area contributed by atoms with Gasteiger partial charge in [0, 0.05) is 50.8 Å². The van der Waals surface area contributed by atoms with Crippen LogP contribution in [0.5, 0.6) is 0 Å². The van der Waals surface area contributed by atoms with Crippen molar-refractivity contribution < 1.29 is 14.0 Å². The molecule has 0 spiro atoms. The number of nitrogens with one attached hydrogen (secondary N) is 1. The predicted molar refractivity (Wildman–Crippen MR) is 173 cm³/mol. The molecule has 242 valence electrons. The number of likely N-dealkylation sites (tertiary alicyclic amines) is 1. The van der Waals surface area contributed by atoms with Gasteiger partial charge in [-0.1, -0.05) is 12.8 Å². The van der Waals surface area contributed by atoms with Crippen LogP contribution < -0.4 is 15.1 Å². The van der Waals surface area contributed by atoms with Crippen molar-refractivity contribution in [3.8, 4) is 0 Å². The smallest absolute Gasteiger partial charge is 0.256 e. The van der Waals surface area contributed by atoms with E-state index in [-0.39, 0.29) is 24.0 Å². The molecule has 0 radical (unpaired) electrons. The van der Waals surface area contributed by atoms with E-state index in [1.165, 1.54) is 44.2 Å². The van der Waals surface area contributed by atoms with Gasteiger partial charge in [0.15, 0.2) is 5.82 Å². The van der Waals surface area contributed by atoms with E-state index in [0.717, 1.165) is 55.7 Å². The third kappa shape index (κ3) is 5.90. The number of nitrogens with zero attached hydrogens (tertiary/aromatic N) is 6. The van der Waals surface area contributed by atoms with Crippen LogP contribution >= 0.6 is 0 Å². The number of anilines is 3. The number of hydrogen-bond donors (Lipinski definition) is 1. The van der Waals surface area contributed by atoms with E-state index in [1.54, 1.807) is 23.5 Å². The summed E-state index contributed by atoms with van der Waals surface area (Å²) in [4.78, 5) is 44.8. The van der Waals surface area contributed by atoms with Crippen molar-refractivity contribution in [1.82, 2.24) is 25.1 Å². The van der Waals surface area contributed by atoms with Crippen molar-refractivity contribution in [2.75, 3.05) is 42.5 Å². The maximum atomic E-state index is 14.5. The third-order valence-electron chi connectivity index (χ3n) is 11.2. The van der Waals surface area contributed by atoms with E-state index < -0.39 is 5.82 Å². The number of halogens is 1. The summed E-state index contributed by atoms with van der Waals surface area (Å²) in [6, 6.07) is 5.25. The largest absolute Gasteiger partial charge is 0.350 e. The maximum absolute atomic E-state index is 14.5. The second kappa shape index (κ2) is 12.5. The lowest BCUT2D eigenvalue weighted by atomic mass is 9.90. The average molecular weight is 618 g/mol. The Bertz CT molecular complexity index is 1420. The Labute approximate surface area is 266 Å². The van der Waals surface area contributed by atoms with Gasteiger partial charge in [0.25, 0.3) is 5.91 Å². The van der Waals surface area contributed by atoms with Gasteiger partial charge in [-0.3, -0.25) is 9.59 Å². The molecule has 2 saturated carbocycles. The van der Waals surface area contributed by atoms with Gasteiger partial charge in [-0.2, -0.15) is 0 Å². The van der Waals surface area contributed by atoms with E-state index in [2.05, 4.69) is 25.0 Å². The molecule has 4 heterocycles. The Balaban J connectivity index is 1.05. The van der Waals surface area contributed by atoms with Crippen LogP contribution in [0.25, 0.3) is 0 Å². The minimum atomic E-state index is -0.429. The molecule has 10 heteroatoms. The second-order valence-electron chi connectivity index (χ2n) is 14.3. The fourth-order valence-corrected chi connectivity index (χ4v) is 8.71. The first-order valence-electron chi connectivity index (χ1n) is 17.3. The summed E-state index contributed by atoms with van der Waals surface area (Å²) in [7, 11) is 0. The molecule has 1 N–H and O–H groups in total. The van der Waals surface area contributed by atoms with Gasteiger partial charge in [-0.25, -0.2) is 14.4 Å². The summed E-state index contributed by atoms with van der Waals surface area (Å²) in [6.45, 7) is 9.33. The minimum absolute atomic E-state index is 0.00314. The SMILES string of the molecule is CCN(C(=O)c1cc(F)ccc1N1CCN([C@@H]2CCCN(C(=O)[C@H]3NC4CC3C[C@H]4CC3CC3)CC2)c2ncncc21)C(C)C. The number of carbonyl (C=O) groups is 2. The quantitative estimate of drug-likeness (QED) is 0.447. The molecular formula is C35H48FN7O2. The molecular weight excluding hydrogens is 569 g/mol. The van der Waals surface area contributed by atoms with E-state index in [9.17, 15) is 14.0 Å². The predicted octanol–water partition coefficient (Wildman–Crippen LogP) is 4.99. The Morgan fingerprint density at radius 1 is 1.07 bits per heavy atom. The van der Waals surface area contributed by atoms with E-state index >= 15 is 0 Å². The summed E-state index contributed by atoms with van der Waals surface area (Å²) in [6.07, 6.45) is 12.8. The highest BCUT2D eigenvalue weighted by atomic mass is 19.1. The fourth-order valence-electron chi connectivity index (χ4n) is 8.71. The van der Waals surface area contributed by atoms with Crippen LogP contribution in [0.15, 0.2) is 30.7 Å². The lowest BCUT2D eigenvalue weighted by molar-refractivity contribution is -0.134. The molecule has 2 amide bonds. The van der Waals surface area contributed by atoms with Crippen LogP contribution in [0.3, 0.4) is 0 Å². The van der Waals surface area contributed by atoms with Crippen LogP contribution in [-0.2, 0) is 4.79 Å². The second-order valence-corrected chi connectivity index (χ2v) is 14.3. The number of benzene rings is 1. The highest BCUT2D eigenvalue weighted by molar-refractivity contribution is 6.01. The van der Waals surface area contributed by atoms with E-state index in [4.69, 9.17) is 4.98 Å².